The van der Waals surface area contributed by atoms with Crippen LogP contribution in [0.1, 0.15) is 44.9 Å². The number of rotatable bonds is 21. The van der Waals surface area contributed by atoms with Crippen molar-refractivity contribution in [3.05, 3.63) is 0 Å². The van der Waals surface area contributed by atoms with Crippen molar-refractivity contribution in [2.24, 2.45) is 34.4 Å². The molecule has 0 unspecified atom stereocenters. The third-order valence-electron chi connectivity index (χ3n) is 5.44. The maximum Gasteiger partial charge on any atom is 0.326 e. The highest BCUT2D eigenvalue weighted by Gasteiger charge is 2.34. The van der Waals surface area contributed by atoms with Crippen LogP contribution < -0.4 is 55.7 Å². The number of nitrogens with one attached hydrogen (secondary N) is 4. The lowest BCUT2D eigenvalue weighted by atomic mass is 10.1. The number of primary amides is 4. The lowest BCUT2D eigenvalue weighted by Crippen LogP contribution is -2.60. The molecule has 5 atom stereocenters. The smallest absolute Gasteiger partial charge is 0.326 e. The van der Waals surface area contributed by atoms with Crippen LogP contribution in [0.3, 0.4) is 0 Å². The molecule has 20 heteroatoms. The number of hydrogen-bond acceptors (Lipinski definition) is 11. The first-order valence-corrected chi connectivity index (χ1v) is 12.5. The standard InChI is InChI=1S/C22H38N10O10/c23-4-2-1-3-9(24)18(37)29-10(5-14(25)33)19(38)30-11(6-15(26)34)20(39)31-12(7-16(27)35)21(40)32-13(22(41)42)8-17(28)36/h9-13H,1-8,23-24H2,(H2,25,33)(H2,26,34)(H2,27,35)(H2,28,36)(H,29,37)(H,30,38)(H,31,39)(H,32,40)(H,41,42)/t9-,10-,11-,12-,13-/m0/s1. The van der Waals surface area contributed by atoms with Crippen LogP contribution in [0.4, 0.5) is 0 Å². The Kier molecular flexibility index (Phi) is 16.4. The van der Waals surface area contributed by atoms with Gasteiger partial charge >= 0.3 is 5.97 Å². The van der Waals surface area contributed by atoms with Gasteiger partial charge in [0.1, 0.15) is 24.2 Å². The molecule has 20 nitrogen and oxygen atoms in total. The van der Waals surface area contributed by atoms with E-state index in [9.17, 15) is 48.3 Å². The topological polar surface area (TPSA) is 378 Å². The van der Waals surface area contributed by atoms with Gasteiger partial charge in [-0.25, -0.2) is 4.79 Å². The van der Waals surface area contributed by atoms with E-state index in [1.807, 2.05) is 10.6 Å². The molecule has 0 heterocycles. The van der Waals surface area contributed by atoms with E-state index < -0.39 is 109 Å². The molecular formula is C22H38N10O10. The molecule has 0 aromatic rings. The molecule has 17 N–H and O–H groups in total. The minimum atomic E-state index is -1.84. The summed E-state index contributed by atoms with van der Waals surface area (Å²) in [5.41, 5.74) is 31.6. The van der Waals surface area contributed by atoms with Crippen molar-refractivity contribution in [1.82, 2.24) is 21.3 Å². The van der Waals surface area contributed by atoms with E-state index in [1.165, 1.54) is 0 Å². The molecular weight excluding hydrogens is 564 g/mol. The van der Waals surface area contributed by atoms with Gasteiger partial charge in [0.15, 0.2) is 0 Å². The first-order valence-electron chi connectivity index (χ1n) is 12.5. The van der Waals surface area contributed by atoms with Crippen LogP contribution in [0.5, 0.6) is 0 Å². The number of aliphatic carboxylic acids is 1. The minimum Gasteiger partial charge on any atom is -0.480 e. The van der Waals surface area contributed by atoms with Crippen LogP contribution in [-0.2, 0) is 43.2 Å². The van der Waals surface area contributed by atoms with E-state index >= 15 is 0 Å². The molecule has 0 spiro atoms. The summed E-state index contributed by atoms with van der Waals surface area (Å²) in [5, 5.41) is 17.5. The molecule has 0 aromatic heterocycles. The summed E-state index contributed by atoms with van der Waals surface area (Å²) in [7, 11) is 0. The number of nitrogens with two attached hydrogens (primary N) is 6. The number of hydrogen-bond donors (Lipinski definition) is 11. The van der Waals surface area contributed by atoms with Crippen molar-refractivity contribution in [1.29, 1.82) is 0 Å². The van der Waals surface area contributed by atoms with E-state index in [1.54, 1.807) is 0 Å². The van der Waals surface area contributed by atoms with Gasteiger partial charge < -0.3 is 60.8 Å². The third kappa shape index (κ3) is 15.1. The predicted molar refractivity (Wildman–Crippen MR) is 141 cm³/mol. The van der Waals surface area contributed by atoms with Crippen molar-refractivity contribution >= 4 is 53.2 Å². The highest BCUT2D eigenvalue weighted by molar-refractivity contribution is 5.99. The van der Waals surface area contributed by atoms with Crippen LogP contribution in [0.2, 0.25) is 0 Å². The lowest BCUT2D eigenvalue weighted by molar-refractivity contribution is -0.144. The molecule has 0 bridgehead atoms. The second-order valence-electron chi connectivity index (χ2n) is 9.16. The van der Waals surface area contributed by atoms with E-state index in [0.717, 1.165) is 0 Å². The summed E-state index contributed by atoms with van der Waals surface area (Å²) in [4.78, 5) is 108. The van der Waals surface area contributed by atoms with E-state index in [4.69, 9.17) is 34.4 Å². The normalized spacial score (nSPS) is 14.1. The highest BCUT2D eigenvalue weighted by atomic mass is 16.4. The molecule has 0 saturated carbocycles. The molecule has 0 aromatic carbocycles. The third-order valence-corrected chi connectivity index (χ3v) is 5.44. The van der Waals surface area contributed by atoms with Gasteiger partial charge in [-0.2, -0.15) is 0 Å². The van der Waals surface area contributed by atoms with Crippen molar-refractivity contribution in [2.45, 2.75) is 75.2 Å². The lowest BCUT2D eigenvalue weighted by Gasteiger charge is -2.25. The van der Waals surface area contributed by atoms with Crippen LogP contribution in [0.25, 0.3) is 0 Å². The molecule has 42 heavy (non-hydrogen) atoms. The Hall–Kier alpha value is -4.85. The average molecular weight is 603 g/mol. The number of carbonyl (C=O) groups excluding carboxylic acids is 8. The molecule has 0 radical (unpaired) electrons. The van der Waals surface area contributed by atoms with Gasteiger partial charge in [-0.3, -0.25) is 38.4 Å². The second kappa shape index (κ2) is 18.5. The summed E-state index contributed by atoms with van der Waals surface area (Å²) in [6, 6.07) is -8.23. The summed E-state index contributed by atoms with van der Waals surface area (Å²) in [6.07, 6.45) is -2.03. The maximum absolute atomic E-state index is 13.0. The quantitative estimate of drug-likeness (QED) is 0.0546. The first-order chi connectivity index (χ1) is 19.5. The number of carboxylic acid groups (broad SMARTS) is 1. The summed E-state index contributed by atoms with van der Waals surface area (Å²) < 4.78 is 0. The summed E-state index contributed by atoms with van der Waals surface area (Å²) in [5.74, 6) is -10.5. The van der Waals surface area contributed by atoms with E-state index in [0.29, 0.717) is 19.4 Å². The maximum atomic E-state index is 13.0. The Morgan fingerprint density at radius 1 is 0.524 bits per heavy atom. The number of unbranched alkanes of at least 4 members (excludes halogenated alkanes) is 1. The van der Waals surface area contributed by atoms with Crippen molar-refractivity contribution in [3.63, 3.8) is 0 Å². The molecule has 0 saturated heterocycles. The van der Waals surface area contributed by atoms with Gasteiger partial charge in [0.2, 0.25) is 47.3 Å². The summed E-state index contributed by atoms with van der Waals surface area (Å²) >= 11 is 0. The summed E-state index contributed by atoms with van der Waals surface area (Å²) in [6.45, 7) is 0.361. The van der Waals surface area contributed by atoms with Crippen molar-refractivity contribution < 1.29 is 48.3 Å². The monoisotopic (exact) mass is 602 g/mol. The van der Waals surface area contributed by atoms with Crippen LogP contribution in [0.15, 0.2) is 0 Å². The Morgan fingerprint density at radius 3 is 1.14 bits per heavy atom. The Labute approximate surface area is 239 Å². The number of amides is 8. The Morgan fingerprint density at radius 2 is 0.833 bits per heavy atom. The highest BCUT2D eigenvalue weighted by Crippen LogP contribution is 2.04. The van der Waals surface area contributed by atoms with Crippen molar-refractivity contribution in [3.8, 4) is 0 Å². The Bertz CT molecular complexity index is 1050. The van der Waals surface area contributed by atoms with Crippen molar-refractivity contribution in [2.75, 3.05) is 6.54 Å². The molecule has 8 amide bonds. The fourth-order valence-corrected chi connectivity index (χ4v) is 3.37. The molecule has 0 fully saturated rings. The first kappa shape index (κ1) is 37.1. The number of carboxylic acids is 1. The fraction of sp³-hybridized carbons (Fsp3) is 0.591. The number of carbonyl (C=O) groups is 9. The van der Waals surface area contributed by atoms with Gasteiger partial charge in [0, 0.05) is 0 Å². The van der Waals surface area contributed by atoms with Gasteiger partial charge in [0.25, 0.3) is 0 Å². The van der Waals surface area contributed by atoms with Gasteiger partial charge in [0.05, 0.1) is 31.7 Å². The molecule has 0 rings (SSSR count). The minimum absolute atomic E-state index is 0.201. The molecule has 0 aliphatic heterocycles. The van der Waals surface area contributed by atoms with Gasteiger partial charge in [-0.05, 0) is 19.4 Å². The van der Waals surface area contributed by atoms with E-state index in [2.05, 4.69) is 10.6 Å². The SMILES string of the molecule is NCCCC[C@H](N)C(=O)N[C@@H](CC(N)=O)C(=O)N[C@@H](CC(N)=O)C(=O)N[C@@H](CC(N)=O)C(=O)N[C@@H](CC(N)=O)C(=O)O. The van der Waals surface area contributed by atoms with Gasteiger partial charge in [-0.15, -0.1) is 0 Å². The van der Waals surface area contributed by atoms with Crippen LogP contribution in [-0.4, -0.2) is 95.1 Å². The average Bonchev–Trinajstić information content (AvgIpc) is 2.85. The van der Waals surface area contributed by atoms with Crippen LogP contribution >= 0.6 is 0 Å². The second-order valence-corrected chi connectivity index (χ2v) is 9.16. The zero-order valence-corrected chi connectivity index (χ0v) is 22.6. The predicted octanol–water partition coefficient (Wildman–Crippen LogP) is -7.03. The van der Waals surface area contributed by atoms with Gasteiger partial charge in [-0.1, -0.05) is 6.42 Å². The largest absolute Gasteiger partial charge is 0.480 e. The Balaban J connectivity index is 5.86. The zero-order valence-electron chi connectivity index (χ0n) is 22.6. The molecule has 0 aliphatic rings. The van der Waals surface area contributed by atoms with Crippen LogP contribution in [0, 0.1) is 0 Å². The fourth-order valence-electron chi connectivity index (χ4n) is 3.37. The molecule has 0 aliphatic carbocycles. The van der Waals surface area contributed by atoms with E-state index in [-0.39, 0.29) is 6.42 Å². The zero-order chi connectivity index (χ0) is 32.6. The molecule has 236 valence electrons.